The molecule has 0 spiro atoms. The number of nitrogens with zero attached hydrogens (tertiary/aromatic N) is 2. The number of nitrogens with one attached hydrogen (secondary N) is 1. The van der Waals surface area contributed by atoms with E-state index in [2.05, 4.69) is 15.3 Å². The molecular weight excluding hydrogens is 375 g/mol. The first kappa shape index (κ1) is 19.2. The first-order chi connectivity index (χ1) is 12.7. The maximum absolute atomic E-state index is 12.8. The molecule has 3 rings (SSSR count). The molecule has 1 aromatic heterocycles. The van der Waals surface area contributed by atoms with E-state index in [0.29, 0.717) is 10.9 Å². The molecule has 1 atom stereocenters. The molecule has 0 fully saturated rings. The van der Waals surface area contributed by atoms with Gasteiger partial charge in [0, 0.05) is 11.1 Å². The van der Waals surface area contributed by atoms with Crippen molar-refractivity contribution in [2.45, 2.75) is 30.3 Å². The zero-order valence-corrected chi connectivity index (χ0v) is 15.4. The number of carbonyl (C=O) groups is 1. The van der Waals surface area contributed by atoms with Gasteiger partial charge in [0.05, 0.1) is 16.3 Å². The maximum Gasteiger partial charge on any atom is 0.416 e. The third-order valence-corrected chi connectivity index (χ3v) is 4.90. The maximum atomic E-state index is 12.8. The van der Waals surface area contributed by atoms with Crippen LogP contribution in [0.25, 0.3) is 10.9 Å². The van der Waals surface area contributed by atoms with Crippen LogP contribution in [0.1, 0.15) is 18.3 Å². The second kappa shape index (κ2) is 7.56. The first-order valence-electron chi connectivity index (χ1n) is 8.12. The monoisotopic (exact) mass is 391 g/mol. The third-order valence-electron chi connectivity index (χ3n) is 3.80. The summed E-state index contributed by atoms with van der Waals surface area (Å²) in [4.78, 5) is 21.2. The van der Waals surface area contributed by atoms with Crippen molar-refractivity contribution in [2.75, 3.05) is 5.32 Å². The average Bonchev–Trinajstić information content (AvgIpc) is 2.61. The lowest BCUT2D eigenvalue weighted by Gasteiger charge is -2.14. The van der Waals surface area contributed by atoms with E-state index in [9.17, 15) is 18.0 Å². The topological polar surface area (TPSA) is 54.9 Å². The summed E-state index contributed by atoms with van der Waals surface area (Å²) in [6.07, 6.45) is -4.46. The Balaban J connectivity index is 1.77. The lowest BCUT2D eigenvalue weighted by molar-refractivity contribution is -0.137. The third kappa shape index (κ3) is 4.57. The molecular formula is C19H16F3N3OS. The summed E-state index contributed by atoms with van der Waals surface area (Å²) in [6, 6.07) is 12.0. The highest BCUT2D eigenvalue weighted by Crippen LogP contribution is 2.32. The summed E-state index contributed by atoms with van der Waals surface area (Å²) in [6.45, 7) is 3.45. The second-order valence-electron chi connectivity index (χ2n) is 5.92. The molecule has 140 valence electrons. The minimum atomic E-state index is -4.46. The zero-order chi connectivity index (χ0) is 19.6. The van der Waals surface area contributed by atoms with Crippen LogP contribution in [0, 0.1) is 6.92 Å². The van der Waals surface area contributed by atoms with Crippen LogP contribution in [0.3, 0.4) is 0 Å². The second-order valence-corrected chi connectivity index (χ2v) is 7.25. The lowest BCUT2D eigenvalue weighted by atomic mass is 10.2. The lowest BCUT2D eigenvalue weighted by Crippen LogP contribution is -2.23. The SMILES string of the molecule is Cc1nc(S[C@@H](C)C(=O)Nc2cccc(C(F)(F)F)c2)c2ccccc2n1. The molecule has 0 radical (unpaired) electrons. The fourth-order valence-corrected chi connectivity index (χ4v) is 3.47. The van der Waals surface area contributed by atoms with Gasteiger partial charge in [-0.05, 0) is 38.1 Å². The molecule has 0 bridgehead atoms. The van der Waals surface area contributed by atoms with Gasteiger partial charge in [-0.2, -0.15) is 13.2 Å². The summed E-state index contributed by atoms with van der Waals surface area (Å²) < 4.78 is 38.4. The summed E-state index contributed by atoms with van der Waals surface area (Å²) in [5.74, 6) is 0.182. The molecule has 1 heterocycles. The molecule has 2 aromatic carbocycles. The number of rotatable bonds is 4. The normalized spacial score (nSPS) is 12.8. The summed E-state index contributed by atoms with van der Waals surface area (Å²) in [5, 5.41) is 3.46. The molecule has 1 amide bonds. The zero-order valence-electron chi connectivity index (χ0n) is 14.5. The highest BCUT2D eigenvalue weighted by molar-refractivity contribution is 8.00. The van der Waals surface area contributed by atoms with Crippen molar-refractivity contribution in [3.8, 4) is 0 Å². The van der Waals surface area contributed by atoms with E-state index in [-0.39, 0.29) is 5.69 Å². The number of thioether (sulfide) groups is 1. The van der Waals surface area contributed by atoms with Crippen LogP contribution < -0.4 is 5.32 Å². The fraction of sp³-hybridized carbons (Fsp3) is 0.211. The van der Waals surface area contributed by atoms with Gasteiger partial charge in [0.25, 0.3) is 0 Å². The summed E-state index contributed by atoms with van der Waals surface area (Å²) in [7, 11) is 0. The predicted octanol–water partition coefficient (Wildman–Crippen LogP) is 5.08. The van der Waals surface area contributed by atoms with Crippen LogP contribution >= 0.6 is 11.8 Å². The van der Waals surface area contributed by atoms with E-state index in [0.717, 1.165) is 23.0 Å². The molecule has 0 aliphatic heterocycles. The van der Waals surface area contributed by atoms with Gasteiger partial charge in [-0.25, -0.2) is 9.97 Å². The number of para-hydroxylation sites is 1. The molecule has 4 nitrogen and oxygen atoms in total. The number of hydrogen-bond donors (Lipinski definition) is 1. The Morgan fingerprint density at radius 2 is 1.85 bits per heavy atom. The van der Waals surface area contributed by atoms with Crippen LogP contribution in [-0.2, 0) is 11.0 Å². The molecule has 0 saturated carbocycles. The van der Waals surface area contributed by atoms with Crippen LogP contribution in [0.15, 0.2) is 53.6 Å². The van der Waals surface area contributed by atoms with Gasteiger partial charge in [0.15, 0.2) is 0 Å². The highest BCUT2D eigenvalue weighted by atomic mass is 32.2. The minimum absolute atomic E-state index is 0.103. The van der Waals surface area contributed by atoms with Crippen molar-refractivity contribution in [3.63, 3.8) is 0 Å². The van der Waals surface area contributed by atoms with E-state index in [1.165, 1.54) is 23.9 Å². The molecule has 3 aromatic rings. The number of amides is 1. The van der Waals surface area contributed by atoms with Crippen LogP contribution in [0.5, 0.6) is 0 Å². The van der Waals surface area contributed by atoms with Gasteiger partial charge >= 0.3 is 6.18 Å². The number of aromatic nitrogens is 2. The van der Waals surface area contributed by atoms with Gasteiger partial charge in [-0.1, -0.05) is 36.0 Å². The quantitative estimate of drug-likeness (QED) is 0.498. The number of aryl methyl sites for hydroxylation is 1. The molecule has 1 N–H and O–H groups in total. The van der Waals surface area contributed by atoms with Gasteiger partial charge < -0.3 is 5.32 Å². The first-order valence-corrected chi connectivity index (χ1v) is 9.00. The van der Waals surface area contributed by atoms with Crippen molar-refractivity contribution in [1.29, 1.82) is 0 Å². The van der Waals surface area contributed by atoms with E-state index in [1.807, 2.05) is 24.3 Å². The number of benzene rings is 2. The van der Waals surface area contributed by atoms with Crippen LogP contribution in [-0.4, -0.2) is 21.1 Å². The summed E-state index contributed by atoms with van der Waals surface area (Å²) >= 11 is 1.24. The number of fused-ring (bicyclic) bond motifs is 1. The largest absolute Gasteiger partial charge is 0.416 e. The molecule has 27 heavy (non-hydrogen) atoms. The van der Waals surface area contributed by atoms with Gasteiger partial charge in [0.1, 0.15) is 10.9 Å². The number of halogens is 3. The smallest absolute Gasteiger partial charge is 0.325 e. The van der Waals surface area contributed by atoms with Crippen LogP contribution in [0.2, 0.25) is 0 Å². The Morgan fingerprint density at radius 3 is 2.59 bits per heavy atom. The van der Waals surface area contributed by atoms with Crippen molar-refractivity contribution in [1.82, 2.24) is 9.97 Å². The summed E-state index contributed by atoms with van der Waals surface area (Å²) in [5.41, 5.74) is 0.0713. The van der Waals surface area contributed by atoms with Crippen molar-refractivity contribution < 1.29 is 18.0 Å². The highest BCUT2D eigenvalue weighted by Gasteiger charge is 2.30. The van der Waals surface area contributed by atoms with Crippen molar-refractivity contribution in [3.05, 3.63) is 59.9 Å². The Kier molecular flexibility index (Phi) is 5.36. The predicted molar refractivity (Wildman–Crippen MR) is 99.7 cm³/mol. The number of alkyl halides is 3. The fourth-order valence-electron chi connectivity index (χ4n) is 2.49. The number of anilines is 1. The number of carbonyl (C=O) groups excluding carboxylic acids is 1. The van der Waals surface area contributed by atoms with Crippen molar-refractivity contribution in [2.24, 2.45) is 0 Å². The molecule has 0 unspecified atom stereocenters. The standard InChI is InChI=1S/C19H16F3N3OS/c1-11(17(26)25-14-7-5-6-13(10-14)19(20,21)22)27-18-15-8-3-4-9-16(15)23-12(2)24-18/h3-11H,1-2H3,(H,25,26)/t11-/m0/s1. The van der Waals surface area contributed by atoms with E-state index in [4.69, 9.17) is 0 Å². The van der Waals surface area contributed by atoms with E-state index >= 15 is 0 Å². The molecule has 0 aliphatic carbocycles. The van der Waals surface area contributed by atoms with Gasteiger partial charge in [-0.3, -0.25) is 4.79 Å². The Hall–Kier alpha value is -2.61. The minimum Gasteiger partial charge on any atom is -0.325 e. The molecule has 0 aliphatic rings. The van der Waals surface area contributed by atoms with E-state index < -0.39 is 22.9 Å². The Bertz CT molecular complexity index is 991. The molecule has 0 saturated heterocycles. The molecule has 8 heteroatoms. The van der Waals surface area contributed by atoms with Gasteiger partial charge in [0.2, 0.25) is 5.91 Å². The van der Waals surface area contributed by atoms with Crippen molar-refractivity contribution >= 4 is 34.3 Å². The van der Waals surface area contributed by atoms with Crippen LogP contribution in [0.4, 0.5) is 18.9 Å². The Labute approximate surface area is 158 Å². The number of hydrogen-bond acceptors (Lipinski definition) is 4. The average molecular weight is 391 g/mol. The van der Waals surface area contributed by atoms with Gasteiger partial charge in [-0.15, -0.1) is 0 Å². The van der Waals surface area contributed by atoms with E-state index in [1.54, 1.807) is 13.8 Å². The Morgan fingerprint density at radius 1 is 1.11 bits per heavy atom.